The van der Waals surface area contributed by atoms with E-state index < -0.39 is 0 Å². The highest BCUT2D eigenvalue weighted by Gasteiger charge is 2.35. The normalized spacial score (nSPS) is 22.8. The maximum absolute atomic E-state index is 13.8. The van der Waals surface area contributed by atoms with Crippen LogP contribution in [-0.2, 0) is 7.05 Å². The third-order valence-electron chi connectivity index (χ3n) is 9.18. The van der Waals surface area contributed by atoms with Crippen molar-refractivity contribution in [1.82, 2.24) is 29.2 Å². The molecule has 0 saturated heterocycles. The molecule has 1 aromatic carbocycles. The number of fused-ring (bicyclic) bond motifs is 7. The van der Waals surface area contributed by atoms with Crippen LogP contribution in [0, 0.1) is 12.8 Å². The fourth-order valence-electron chi connectivity index (χ4n) is 6.81. The van der Waals surface area contributed by atoms with Crippen molar-refractivity contribution in [3.63, 3.8) is 0 Å². The molecule has 1 aliphatic heterocycles. The average Bonchev–Trinajstić information content (AvgIpc) is 3.42. The molecule has 10 nitrogen and oxygen atoms in total. The Labute approximate surface area is 246 Å². The Morgan fingerprint density at radius 1 is 1.07 bits per heavy atom. The molecular formula is C32H40N8O2. The van der Waals surface area contributed by atoms with Crippen molar-refractivity contribution in [2.45, 2.75) is 70.0 Å². The molecule has 2 fully saturated rings. The van der Waals surface area contributed by atoms with Gasteiger partial charge in [0, 0.05) is 42.1 Å². The maximum atomic E-state index is 13.8. The number of nitrogens with zero attached hydrogens (tertiary/aromatic N) is 6. The van der Waals surface area contributed by atoms with Gasteiger partial charge in [0.15, 0.2) is 0 Å². The third-order valence-corrected chi connectivity index (χ3v) is 9.18. The van der Waals surface area contributed by atoms with Crippen molar-refractivity contribution in [3.05, 3.63) is 47.8 Å². The van der Waals surface area contributed by atoms with Gasteiger partial charge in [0.25, 0.3) is 5.91 Å². The molecule has 7 rings (SSSR count). The van der Waals surface area contributed by atoms with Gasteiger partial charge in [0.1, 0.15) is 0 Å². The lowest BCUT2D eigenvalue weighted by molar-refractivity contribution is 0.102. The molecule has 3 aromatic heterocycles. The molecule has 2 N–H and O–H groups in total. The Kier molecular flexibility index (Phi) is 6.88. The van der Waals surface area contributed by atoms with Crippen LogP contribution in [0.15, 0.2) is 36.5 Å². The van der Waals surface area contributed by atoms with Crippen molar-refractivity contribution < 1.29 is 9.53 Å². The largest absolute Gasteiger partial charge is 0.477 e. The van der Waals surface area contributed by atoms with E-state index in [1.54, 1.807) is 10.9 Å². The van der Waals surface area contributed by atoms with Crippen molar-refractivity contribution in [1.29, 1.82) is 0 Å². The van der Waals surface area contributed by atoms with E-state index in [9.17, 15) is 4.79 Å². The molecule has 3 aliphatic rings. The lowest BCUT2D eigenvalue weighted by Crippen LogP contribution is -2.26. The molecule has 3 unspecified atom stereocenters. The topological polar surface area (TPSA) is 102 Å². The van der Waals surface area contributed by atoms with Gasteiger partial charge in [-0.25, -0.2) is 9.67 Å². The summed E-state index contributed by atoms with van der Waals surface area (Å²) in [4.78, 5) is 25.8. The van der Waals surface area contributed by atoms with Crippen LogP contribution in [-0.4, -0.2) is 67.9 Å². The number of benzene rings is 1. The number of nitrogens with one attached hydrogen (secondary N) is 2. The predicted molar refractivity (Wildman–Crippen MR) is 164 cm³/mol. The Morgan fingerprint density at radius 3 is 2.71 bits per heavy atom. The van der Waals surface area contributed by atoms with Gasteiger partial charge in [-0.3, -0.25) is 15.1 Å². The standard InChI is InChI=1S/C32H40N8O2/c1-19-14-21-15-26(34-19)25-18-33-39(4)31(25)42-13-5-6-28(20-7-8-20)40-29-12-10-23(17-27(29)36-32(40)37-30(21)41)35-22-9-11-24(16-22)38(2)3/h10,12,14-15,17-18,20,22,24,28,35H,5-9,11,13,16H2,1-4H3,(H,36,37,41). The van der Waals surface area contributed by atoms with E-state index in [0.29, 0.717) is 47.7 Å². The lowest BCUT2D eigenvalue weighted by atomic mass is 10.1. The number of hydrogen-bond acceptors (Lipinski definition) is 7. The second-order valence-electron chi connectivity index (χ2n) is 12.5. The van der Waals surface area contributed by atoms with E-state index in [-0.39, 0.29) is 11.9 Å². The van der Waals surface area contributed by atoms with E-state index in [1.807, 2.05) is 26.1 Å². The van der Waals surface area contributed by atoms with Gasteiger partial charge >= 0.3 is 0 Å². The Bertz CT molecular complexity index is 1630. The number of pyridine rings is 1. The van der Waals surface area contributed by atoms with Crippen molar-refractivity contribution >= 4 is 28.6 Å². The minimum atomic E-state index is -0.199. The number of amides is 1. The van der Waals surface area contributed by atoms with E-state index >= 15 is 0 Å². The van der Waals surface area contributed by atoms with E-state index in [4.69, 9.17) is 14.7 Å². The van der Waals surface area contributed by atoms with Crippen LogP contribution in [0.3, 0.4) is 0 Å². The number of aromatic nitrogens is 5. The zero-order valence-electron chi connectivity index (χ0n) is 24.9. The Balaban J connectivity index is 1.26. The molecular weight excluding hydrogens is 528 g/mol. The van der Waals surface area contributed by atoms with Crippen LogP contribution in [0.25, 0.3) is 22.3 Å². The van der Waals surface area contributed by atoms with E-state index in [2.05, 4.69) is 57.5 Å². The first-order valence-electron chi connectivity index (χ1n) is 15.2. The zero-order chi connectivity index (χ0) is 29.0. The summed E-state index contributed by atoms with van der Waals surface area (Å²) in [5, 5.41) is 11.4. The summed E-state index contributed by atoms with van der Waals surface area (Å²) in [7, 11) is 6.20. The quantitative estimate of drug-likeness (QED) is 0.339. The minimum absolute atomic E-state index is 0.199. The predicted octanol–water partition coefficient (Wildman–Crippen LogP) is 5.41. The molecule has 4 aromatic rings. The molecule has 2 bridgehead atoms. The summed E-state index contributed by atoms with van der Waals surface area (Å²) in [5.41, 5.74) is 5.78. The first kappa shape index (κ1) is 26.9. The summed E-state index contributed by atoms with van der Waals surface area (Å²) in [5.74, 6) is 1.64. The SMILES string of the molecule is Cc1cc2cc(n1)-c1cnn(C)c1OCCCC(C1CC1)n1c(nc3cc(NC4CCC(N(C)C)C4)ccc31)NC2=O. The number of ether oxygens (including phenoxy) is 1. The summed E-state index contributed by atoms with van der Waals surface area (Å²) in [6, 6.07) is 11.4. The van der Waals surface area contributed by atoms with Gasteiger partial charge in [-0.15, -0.1) is 0 Å². The Hall–Kier alpha value is -3.92. The van der Waals surface area contributed by atoms with E-state index in [0.717, 1.165) is 53.7 Å². The molecule has 2 saturated carbocycles. The van der Waals surface area contributed by atoms with Crippen LogP contribution in [0.1, 0.15) is 67.0 Å². The number of rotatable bonds is 4. The van der Waals surface area contributed by atoms with Gasteiger partial charge in [0.2, 0.25) is 11.8 Å². The number of aryl methyl sites for hydroxylation is 2. The summed E-state index contributed by atoms with van der Waals surface area (Å²) < 4.78 is 10.3. The van der Waals surface area contributed by atoms with Crippen LogP contribution in [0.4, 0.5) is 11.6 Å². The van der Waals surface area contributed by atoms with Gasteiger partial charge in [-0.2, -0.15) is 5.10 Å². The lowest BCUT2D eigenvalue weighted by Gasteiger charge is -2.23. The van der Waals surface area contributed by atoms with Gasteiger partial charge in [0.05, 0.1) is 35.1 Å². The van der Waals surface area contributed by atoms with Crippen molar-refractivity contribution in [2.24, 2.45) is 13.0 Å². The number of carbonyl (C=O) groups is 1. The molecule has 10 heteroatoms. The average molecular weight is 569 g/mol. The monoisotopic (exact) mass is 568 g/mol. The minimum Gasteiger partial charge on any atom is -0.477 e. The summed E-state index contributed by atoms with van der Waals surface area (Å²) in [6.45, 7) is 2.48. The molecule has 0 spiro atoms. The first-order valence-corrected chi connectivity index (χ1v) is 15.2. The van der Waals surface area contributed by atoms with Crippen molar-refractivity contribution in [2.75, 3.05) is 31.3 Å². The molecule has 3 atom stereocenters. The van der Waals surface area contributed by atoms with Crippen molar-refractivity contribution in [3.8, 4) is 17.1 Å². The van der Waals surface area contributed by atoms with Crippen LogP contribution < -0.4 is 15.4 Å². The van der Waals surface area contributed by atoms with Gasteiger partial charge in [-0.1, -0.05) is 0 Å². The molecule has 0 radical (unpaired) electrons. The highest BCUT2D eigenvalue weighted by atomic mass is 16.5. The molecule has 4 heterocycles. The zero-order valence-corrected chi connectivity index (χ0v) is 24.9. The number of hydrogen-bond donors (Lipinski definition) is 2. The van der Waals surface area contributed by atoms with Gasteiger partial charge < -0.3 is 19.5 Å². The second-order valence-corrected chi connectivity index (χ2v) is 12.5. The maximum Gasteiger partial charge on any atom is 0.258 e. The fraction of sp³-hybridized carbons (Fsp3) is 0.500. The van der Waals surface area contributed by atoms with Crippen LogP contribution in [0.5, 0.6) is 5.88 Å². The highest BCUT2D eigenvalue weighted by Crippen LogP contribution is 2.45. The summed E-state index contributed by atoms with van der Waals surface area (Å²) in [6.07, 6.45) is 9.45. The van der Waals surface area contributed by atoms with Crippen LogP contribution >= 0.6 is 0 Å². The van der Waals surface area contributed by atoms with E-state index in [1.165, 1.54) is 19.3 Å². The smallest absolute Gasteiger partial charge is 0.258 e. The second kappa shape index (κ2) is 10.7. The van der Waals surface area contributed by atoms with Gasteiger partial charge in [-0.05, 0) is 102 Å². The number of imidazole rings is 1. The fourth-order valence-corrected chi connectivity index (χ4v) is 6.81. The summed E-state index contributed by atoms with van der Waals surface area (Å²) >= 11 is 0. The molecule has 42 heavy (non-hydrogen) atoms. The number of anilines is 2. The third kappa shape index (κ3) is 5.12. The molecule has 220 valence electrons. The molecule has 1 amide bonds. The molecule has 2 aliphatic carbocycles. The van der Waals surface area contributed by atoms with Crippen LogP contribution in [0.2, 0.25) is 0 Å². The highest BCUT2D eigenvalue weighted by molar-refractivity contribution is 6.05. The first-order chi connectivity index (χ1) is 20.3. The number of carbonyl (C=O) groups excluding carboxylic acids is 1. The Morgan fingerprint density at radius 2 is 1.93 bits per heavy atom.